The number of alkyl carbamates (subject to hydrolysis) is 1. The van der Waals surface area contributed by atoms with Crippen molar-refractivity contribution in [1.29, 1.82) is 0 Å². The zero-order valence-corrected chi connectivity index (χ0v) is 17.7. The largest absolute Gasteiger partial charge is 0.444 e. The molecule has 2 aromatic rings. The van der Waals surface area contributed by atoms with Gasteiger partial charge < -0.3 is 20.3 Å². The van der Waals surface area contributed by atoms with Crippen LogP contribution in [0.3, 0.4) is 0 Å². The van der Waals surface area contributed by atoms with Gasteiger partial charge in [-0.2, -0.15) is 4.98 Å². The fraction of sp³-hybridized carbons (Fsp3) is 0.571. The summed E-state index contributed by atoms with van der Waals surface area (Å²) in [6.07, 6.45) is 2.58. The Bertz CT molecular complexity index is 680. The Morgan fingerprint density at radius 2 is 1.89 bits per heavy atom. The van der Waals surface area contributed by atoms with E-state index in [1.807, 2.05) is 65.0 Å². The predicted molar refractivity (Wildman–Crippen MR) is 110 cm³/mol. The molecule has 0 spiro atoms. The number of rotatable bonds is 8. The molecule has 1 aromatic heterocycles. The molecule has 1 heterocycles. The number of unbranched alkanes of at least 4 members (excludes halogenated alkanes) is 1. The molecule has 3 N–H and O–H groups in total. The maximum atomic E-state index is 11.5. The molecular weight excluding hydrogens is 356 g/mol. The lowest BCUT2D eigenvalue weighted by Crippen LogP contribution is -2.33. The molecular formula is C21H34N4O3. The SMILES string of the molecule is CC.CC(C)(C)OC(=O)NCCCCC(N)c1nc(Cc2ccccc2)no1. The first-order valence-electron chi connectivity index (χ1n) is 9.92. The molecule has 0 radical (unpaired) electrons. The Morgan fingerprint density at radius 1 is 1.21 bits per heavy atom. The smallest absolute Gasteiger partial charge is 0.407 e. The van der Waals surface area contributed by atoms with Crippen LogP contribution in [0.5, 0.6) is 0 Å². The van der Waals surface area contributed by atoms with Crippen molar-refractivity contribution in [3.8, 4) is 0 Å². The highest BCUT2D eigenvalue weighted by molar-refractivity contribution is 5.67. The maximum Gasteiger partial charge on any atom is 0.407 e. The number of aromatic nitrogens is 2. The third-order valence-electron chi connectivity index (χ3n) is 3.62. The number of hydrogen-bond donors (Lipinski definition) is 2. The van der Waals surface area contributed by atoms with E-state index in [1.54, 1.807) is 0 Å². The zero-order chi connectivity index (χ0) is 21.0. The van der Waals surface area contributed by atoms with E-state index in [2.05, 4.69) is 15.5 Å². The molecule has 1 aromatic carbocycles. The van der Waals surface area contributed by atoms with E-state index in [0.717, 1.165) is 18.4 Å². The van der Waals surface area contributed by atoms with E-state index in [1.165, 1.54) is 0 Å². The summed E-state index contributed by atoms with van der Waals surface area (Å²) >= 11 is 0. The molecule has 0 aliphatic heterocycles. The van der Waals surface area contributed by atoms with Gasteiger partial charge in [0.25, 0.3) is 0 Å². The van der Waals surface area contributed by atoms with Gasteiger partial charge in [-0.3, -0.25) is 0 Å². The van der Waals surface area contributed by atoms with Crippen molar-refractivity contribution in [2.75, 3.05) is 6.54 Å². The Kier molecular flexibility index (Phi) is 10.2. The average Bonchev–Trinajstić information content (AvgIpc) is 3.11. The van der Waals surface area contributed by atoms with Crippen LogP contribution >= 0.6 is 0 Å². The average molecular weight is 391 g/mol. The van der Waals surface area contributed by atoms with Crippen molar-refractivity contribution in [1.82, 2.24) is 15.5 Å². The molecule has 0 fully saturated rings. The summed E-state index contributed by atoms with van der Waals surface area (Å²) < 4.78 is 10.5. The lowest BCUT2D eigenvalue weighted by atomic mass is 10.1. The van der Waals surface area contributed by atoms with Gasteiger partial charge in [-0.25, -0.2) is 4.79 Å². The number of hydrogen-bond acceptors (Lipinski definition) is 6. The summed E-state index contributed by atoms with van der Waals surface area (Å²) in [6.45, 7) is 10.1. The summed E-state index contributed by atoms with van der Waals surface area (Å²) in [5.74, 6) is 1.09. The van der Waals surface area contributed by atoms with Gasteiger partial charge in [0.1, 0.15) is 5.60 Å². The molecule has 0 bridgehead atoms. The molecule has 28 heavy (non-hydrogen) atoms. The van der Waals surface area contributed by atoms with Crippen LogP contribution in [0.1, 0.15) is 77.2 Å². The Labute approximate surface area is 168 Å². The number of carbonyl (C=O) groups is 1. The molecule has 1 amide bonds. The van der Waals surface area contributed by atoms with Crippen LogP contribution in [0, 0.1) is 0 Å². The molecule has 0 saturated heterocycles. The second-order valence-electron chi connectivity index (χ2n) is 7.24. The number of carbonyl (C=O) groups excluding carboxylic acids is 1. The number of nitrogens with one attached hydrogen (secondary N) is 1. The van der Waals surface area contributed by atoms with E-state index in [4.69, 9.17) is 15.0 Å². The monoisotopic (exact) mass is 390 g/mol. The maximum absolute atomic E-state index is 11.5. The first kappa shape index (κ1) is 23.6. The van der Waals surface area contributed by atoms with Crippen LogP contribution in [-0.4, -0.2) is 28.4 Å². The number of benzene rings is 1. The van der Waals surface area contributed by atoms with Crippen molar-refractivity contribution in [3.05, 3.63) is 47.6 Å². The fourth-order valence-corrected chi connectivity index (χ4v) is 2.39. The van der Waals surface area contributed by atoms with Crippen LogP contribution in [0.15, 0.2) is 34.9 Å². The summed E-state index contributed by atoms with van der Waals surface area (Å²) in [4.78, 5) is 15.9. The minimum atomic E-state index is -0.484. The Balaban J connectivity index is 0.00000190. The highest BCUT2D eigenvalue weighted by atomic mass is 16.6. The van der Waals surface area contributed by atoms with E-state index in [9.17, 15) is 4.79 Å². The number of ether oxygens (including phenoxy) is 1. The molecule has 7 nitrogen and oxygen atoms in total. The van der Waals surface area contributed by atoms with Gasteiger partial charge in [-0.1, -0.05) is 49.3 Å². The minimum absolute atomic E-state index is 0.298. The third-order valence-corrected chi connectivity index (χ3v) is 3.62. The van der Waals surface area contributed by atoms with Crippen molar-refractivity contribution in [2.45, 2.75) is 71.9 Å². The molecule has 0 saturated carbocycles. The predicted octanol–water partition coefficient (Wildman–Crippen LogP) is 4.38. The lowest BCUT2D eigenvalue weighted by molar-refractivity contribution is 0.0527. The number of nitrogens with two attached hydrogens (primary N) is 1. The van der Waals surface area contributed by atoms with Crippen LogP contribution < -0.4 is 11.1 Å². The van der Waals surface area contributed by atoms with Crippen molar-refractivity contribution < 1.29 is 14.1 Å². The summed E-state index contributed by atoms with van der Waals surface area (Å²) in [5, 5.41) is 6.73. The van der Waals surface area contributed by atoms with Crippen LogP contribution in [0.25, 0.3) is 0 Å². The second kappa shape index (κ2) is 12.1. The van der Waals surface area contributed by atoms with Crippen LogP contribution in [0.2, 0.25) is 0 Å². The van der Waals surface area contributed by atoms with Gasteiger partial charge in [0.2, 0.25) is 5.89 Å². The highest BCUT2D eigenvalue weighted by Crippen LogP contribution is 2.16. The molecule has 7 heteroatoms. The van der Waals surface area contributed by atoms with Gasteiger partial charge in [0.05, 0.1) is 6.04 Å². The van der Waals surface area contributed by atoms with Gasteiger partial charge >= 0.3 is 6.09 Å². The van der Waals surface area contributed by atoms with Crippen molar-refractivity contribution in [3.63, 3.8) is 0 Å². The van der Waals surface area contributed by atoms with E-state index in [-0.39, 0.29) is 6.04 Å². The Morgan fingerprint density at radius 3 is 2.54 bits per heavy atom. The highest BCUT2D eigenvalue weighted by Gasteiger charge is 2.16. The summed E-state index contributed by atoms with van der Waals surface area (Å²) in [5.41, 5.74) is 6.76. The quantitative estimate of drug-likeness (QED) is 0.648. The van der Waals surface area contributed by atoms with Gasteiger partial charge in [0.15, 0.2) is 5.82 Å². The zero-order valence-electron chi connectivity index (χ0n) is 17.7. The fourth-order valence-electron chi connectivity index (χ4n) is 2.39. The van der Waals surface area contributed by atoms with Crippen LogP contribution in [0.4, 0.5) is 4.79 Å². The van der Waals surface area contributed by atoms with E-state index in [0.29, 0.717) is 31.1 Å². The molecule has 156 valence electrons. The van der Waals surface area contributed by atoms with Crippen molar-refractivity contribution in [2.24, 2.45) is 5.73 Å². The van der Waals surface area contributed by atoms with E-state index < -0.39 is 11.7 Å². The topological polar surface area (TPSA) is 103 Å². The lowest BCUT2D eigenvalue weighted by Gasteiger charge is -2.19. The van der Waals surface area contributed by atoms with Crippen molar-refractivity contribution >= 4 is 6.09 Å². The third kappa shape index (κ3) is 9.50. The molecule has 0 aliphatic carbocycles. The molecule has 2 rings (SSSR count). The Hall–Kier alpha value is -2.41. The first-order chi connectivity index (χ1) is 13.3. The first-order valence-corrected chi connectivity index (χ1v) is 9.92. The number of amides is 1. The van der Waals surface area contributed by atoms with Gasteiger partial charge in [-0.05, 0) is 45.6 Å². The summed E-state index contributed by atoms with van der Waals surface area (Å²) in [6, 6.07) is 9.68. The second-order valence-corrected chi connectivity index (χ2v) is 7.24. The number of nitrogens with zero attached hydrogens (tertiary/aromatic N) is 2. The van der Waals surface area contributed by atoms with Gasteiger partial charge in [-0.15, -0.1) is 0 Å². The van der Waals surface area contributed by atoms with Crippen LogP contribution in [-0.2, 0) is 11.2 Å². The van der Waals surface area contributed by atoms with E-state index >= 15 is 0 Å². The normalized spacial score (nSPS) is 11.9. The minimum Gasteiger partial charge on any atom is -0.444 e. The van der Waals surface area contributed by atoms with Gasteiger partial charge in [0, 0.05) is 13.0 Å². The standard InChI is InChI=1S/C19H28N4O3.C2H6/c1-19(2,3)25-18(24)21-12-8-7-11-15(20)17-22-16(23-26-17)13-14-9-5-4-6-10-14;1-2/h4-6,9-10,15H,7-8,11-13,20H2,1-3H3,(H,21,24);1-2H3. The molecule has 0 aliphatic rings. The summed E-state index contributed by atoms with van der Waals surface area (Å²) in [7, 11) is 0. The molecule has 1 unspecified atom stereocenters. The molecule has 1 atom stereocenters.